The van der Waals surface area contributed by atoms with Crippen molar-refractivity contribution in [2.24, 2.45) is 5.73 Å². The summed E-state index contributed by atoms with van der Waals surface area (Å²) in [6.45, 7) is 5.12. The van der Waals surface area contributed by atoms with E-state index >= 15 is 0 Å². The van der Waals surface area contributed by atoms with Gasteiger partial charge in [0.05, 0.1) is 11.6 Å². The first kappa shape index (κ1) is 18.3. The minimum Gasteiger partial charge on any atom is -0.389 e. The normalized spacial score (nSPS) is 11.8. The summed E-state index contributed by atoms with van der Waals surface area (Å²) in [4.78, 5) is 0.215. The zero-order valence-corrected chi connectivity index (χ0v) is 14.4. The van der Waals surface area contributed by atoms with Crippen LogP contribution in [0.5, 0.6) is 0 Å². The fourth-order valence-electron chi connectivity index (χ4n) is 1.76. The molecule has 0 spiro atoms. The maximum Gasteiger partial charge on any atom is 0.244 e. The Morgan fingerprint density at radius 3 is 2.57 bits per heavy atom. The molecule has 8 heteroatoms. The van der Waals surface area contributed by atoms with Gasteiger partial charge < -0.3 is 10.5 Å². The second-order valence-electron chi connectivity index (χ2n) is 4.20. The van der Waals surface area contributed by atoms with Crippen molar-refractivity contribution in [1.29, 1.82) is 0 Å². The van der Waals surface area contributed by atoms with Gasteiger partial charge in [-0.1, -0.05) is 36.8 Å². The molecular weight excluding hydrogens is 332 g/mol. The van der Waals surface area contributed by atoms with E-state index in [2.05, 4.69) is 0 Å². The SMILES string of the molecule is CCOCCN(CC)S(=O)(=O)c1ccc(C(N)=S)cc1Cl. The van der Waals surface area contributed by atoms with E-state index in [1.54, 1.807) is 13.0 Å². The van der Waals surface area contributed by atoms with Gasteiger partial charge >= 0.3 is 0 Å². The van der Waals surface area contributed by atoms with E-state index in [1.807, 2.05) is 6.92 Å². The number of nitrogens with two attached hydrogens (primary N) is 1. The molecule has 1 rings (SSSR count). The number of sulfonamides is 1. The third-order valence-electron chi connectivity index (χ3n) is 2.88. The molecule has 0 radical (unpaired) electrons. The topological polar surface area (TPSA) is 72.6 Å². The van der Waals surface area contributed by atoms with Crippen LogP contribution in [-0.2, 0) is 14.8 Å². The molecule has 118 valence electrons. The van der Waals surface area contributed by atoms with Crippen LogP contribution in [0.1, 0.15) is 19.4 Å². The van der Waals surface area contributed by atoms with Crippen molar-refractivity contribution >= 4 is 38.8 Å². The molecule has 5 nitrogen and oxygen atoms in total. The van der Waals surface area contributed by atoms with E-state index in [0.717, 1.165) is 0 Å². The van der Waals surface area contributed by atoms with Gasteiger partial charge in [-0.05, 0) is 19.1 Å². The van der Waals surface area contributed by atoms with E-state index in [1.165, 1.54) is 16.4 Å². The fourth-order valence-corrected chi connectivity index (χ4v) is 3.84. The van der Waals surface area contributed by atoms with Gasteiger partial charge in [0.15, 0.2) is 0 Å². The molecule has 0 aliphatic rings. The monoisotopic (exact) mass is 350 g/mol. The van der Waals surface area contributed by atoms with Gasteiger partial charge in [0.2, 0.25) is 10.0 Å². The highest BCUT2D eigenvalue weighted by Gasteiger charge is 2.25. The minimum atomic E-state index is -3.67. The molecule has 1 aromatic rings. The van der Waals surface area contributed by atoms with Gasteiger partial charge in [-0.2, -0.15) is 4.31 Å². The molecule has 0 aliphatic heterocycles. The average molecular weight is 351 g/mol. The quantitative estimate of drug-likeness (QED) is 0.573. The predicted octanol–water partition coefficient (Wildman–Crippen LogP) is 2.02. The highest BCUT2D eigenvalue weighted by Crippen LogP contribution is 2.25. The number of rotatable bonds is 8. The third-order valence-corrected chi connectivity index (χ3v) is 5.57. The van der Waals surface area contributed by atoms with Crippen molar-refractivity contribution in [2.45, 2.75) is 18.7 Å². The lowest BCUT2D eigenvalue weighted by molar-refractivity contribution is 0.135. The predicted molar refractivity (Wildman–Crippen MR) is 88.3 cm³/mol. The third kappa shape index (κ3) is 4.62. The molecule has 0 aliphatic carbocycles. The second-order valence-corrected chi connectivity index (χ2v) is 6.96. The molecule has 0 bridgehead atoms. The van der Waals surface area contributed by atoms with Crippen LogP contribution in [0.2, 0.25) is 5.02 Å². The van der Waals surface area contributed by atoms with E-state index in [9.17, 15) is 8.42 Å². The fraction of sp³-hybridized carbons (Fsp3) is 0.462. The number of likely N-dealkylation sites (N-methyl/N-ethyl adjacent to an activating group) is 1. The first-order chi connectivity index (χ1) is 9.84. The molecule has 0 saturated carbocycles. The molecule has 1 aromatic carbocycles. The Hall–Kier alpha value is -0.730. The highest BCUT2D eigenvalue weighted by atomic mass is 35.5. The molecule has 0 atom stereocenters. The number of nitrogens with zero attached hydrogens (tertiary/aromatic N) is 1. The summed E-state index contributed by atoms with van der Waals surface area (Å²) in [6, 6.07) is 4.44. The van der Waals surface area contributed by atoms with Crippen molar-refractivity contribution in [3.8, 4) is 0 Å². The molecular formula is C13H19ClN2O3S2. The van der Waals surface area contributed by atoms with E-state index in [0.29, 0.717) is 25.3 Å². The summed E-state index contributed by atoms with van der Waals surface area (Å²) >= 11 is 10.9. The standard InChI is InChI=1S/C13H19ClN2O3S2/c1-3-16(7-8-19-4-2)21(17,18)12-6-5-10(13(15)20)9-11(12)14/h5-6,9H,3-4,7-8H2,1-2H3,(H2,15,20). The molecule has 0 saturated heterocycles. The van der Waals surface area contributed by atoms with E-state index in [-0.39, 0.29) is 21.5 Å². The van der Waals surface area contributed by atoms with Gasteiger partial charge in [0.25, 0.3) is 0 Å². The number of hydrogen-bond donors (Lipinski definition) is 1. The van der Waals surface area contributed by atoms with Crippen molar-refractivity contribution in [3.63, 3.8) is 0 Å². The van der Waals surface area contributed by atoms with Crippen LogP contribution in [0, 0.1) is 0 Å². The maximum atomic E-state index is 12.6. The van der Waals surface area contributed by atoms with Gasteiger partial charge in [-0.15, -0.1) is 0 Å². The molecule has 0 heterocycles. The smallest absolute Gasteiger partial charge is 0.244 e. The largest absolute Gasteiger partial charge is 0.389 e. The highest BCUT2D eigenvalue weighted by molar-refractivity contribution is 7.89. The number of hydrogen-bond acceptors (Lipinski definition) is 4. The van der Waals surface area contributed by atoms with Crippen LogP contribution < -0.4 is 5.73 Å². The van der Waals surface area contributed by atoms with Gasteiger partial charge in [-0.25, -0.2) is 8.42 Å². The van der Waals surface area contributed by atoms with Crippen molar-refractivity contribution in [2.75, 3.05) is 26.3 Å². The molecule has 21 heavy (non-hydrogen) atoms. The Bertz CT molecular complexity index is 605. The summed E-state index contributed by atoms with van der Waals surface area (Å²) in [7, 11) is -3.67. The van der Waals surface area contributed by atoms with Crippen molar-refractivity contribution in [1.82, 2.24) is 4.31 Å². The minimum absolute atomic E-state index is 0.0440. The first-order valence-electron chi connectivity index (χ1n) is 6.51. The van der Waals surface area contributed by atoms with E-state index < -0.39 is 10.0 Å². The lowest BCUT2D eigenvalue weighted by Gasteiger charge is -2.21. The van der Waals surface area contributed by atoms with Gasteiger partial charge in [0.1, 0.15) is 9.88 Å². The Morgan fingerprint density at radius 1 is 1.43 bits per heavy atom. The molecule has 0 amide bonds. The molecule has 0 aromatic heterocycles. The average Bonchev–Trinajstić information content (AvgIpc) is 2.42. The zero-order chi connectivity index (χ0) is 16.0. The second kappa shape index (κ2) is 8.05. The number of thiocarbonyl (C=S) groups is 1. The zero-order valence-electron chi connectivity index (χ0n) is 12.0. The Labute approximate surface area is 136 Å². The summed E-state index contributed by atoms with van der Waals surface area (Å²) < 4.78 is 31.7. The van der Waals surface area contributed by atoms with Crippen LogP contribution in [0.3, 0.4) is 0 Å². The van der Waals surface area contributed by atoms with Crippen LogP contribution in [0.15, 0.2) is 23.1 Å². The van der Waals surface area contributed by atoms with Crippen LogP contribution in [0.25, 0.3) is 0 Å². The first-order valence-corrected chi connectivity index (χ1v) is 8.74. The lowest BCUT2D eigenvalue weighted by Crippen LogP contribution is -2.34. The van der Waals surface area contributed by atoms with Gasteiger partial charge in [0, 0.05) is 25.3 Å². The Morgan fingerprint density at radius 2 is 2.10 bits per heavy atom. The summed E-state index contributed by atoms with van der Waals surface area (Å²) in [6.07, 6.45) is 0. The van der Waals surface area contributed by atoms with Crippen molar-refractivity contribution in [3.05, 3.63) is 28.8 Å². The van der Waals surface area contributed by atoms with Crippen molar-refractivity contribution < 1.29 is 13.2 Å². The summed E-state index contributed by atoms with van der Waals surface area (Å²) in [5, 5.41) is 0.107. The van der Waals surface area contributed by atoms with E-state index in [4.69, 9.17) is 34.3 Å². The summed E-state index contributed by atoms with van der Waals surface area (Å²) in [5.74, 6) is 0. The Kier molecular flexibility index (Phi) is 7.02. The molecule has 0 fully saturated rings. The lowest BCUT2D eigenvalue weighted by atomic mass is 10.2. The number of halogens is 1. The van der Waals surface area contributed by atoms with Gasteiger partial charge in [-0.3, -0.25) is 0 Å². The summed E-state index contributed by atoms with van der Waals surface area (Å²) in [5.41, 5.74) is 6.04. The Balaban J connectivity index is 3.08. The van der Waals surface area contributed by atoms with Crippen LogP contribution >= 0.6 is 23.8 Å². The molecule has 0 unspecified atom stereocenters. The number of ether oxygens (including phenoxy) is 1. The molecule has 2 N–H and O–H groups in total. The number of benzene rings is 1. The maximum absolute atomic E-state index is 12.6. The van der Waals surface area contributed by atoms with Crippen LogP contribution in [-0.4, -0.2) is 44.0 Å². The van der Waals surface area contributed by atoms with Crippen LogP contribution in [0.4, 0.5) is 0 Å².